The number of amides is 1. The van der Waals surface area contributed by atoms with Gasteiger partial charge in [-0.15, -0.1) is 0 Å². The number of alkyl halides is 3. The molecule has 0 aliphatic rings. The Bertz CT molecular complexity index is 842. The summed E-state index contributed by atoms with van der Waals surface area (Å²) < 4.78 is 68.7. The first-order chi connectivity index (χ1) is 12.1. The molecular formula is C14H16ClF3N2O6S. The average molecular weight is 433 g/mol. The van der Waals surface area contributed by atoms with Crippen LogP contribution in [-0.4, -0.2) is 50.3 Å². The number of anilines is 1. The molecule has 0 spiro atoms. The Balaban J connectivity index is 3.07. The summed E-state index contributed by atoms with van der Waals surface area (Å²) in [5.74, 6) is -2.65. The first-order valence-electron chi connectivity index (χ1n) is 7.13. The smallest absolute Gasteiger partial charge is 0.426 e. The standard InChI is InChI=1S/C14H16ClF3N2O6S/c1-7(11(21)26-3)20-27(24,25)8-4-5-10(9(15)6-8)19-12(22)13(2,23)14(16,17)18/h4-7,20,23H,1-3H3,(H,19,22)/t7?,13-/m1/s1. The highest BCUT2D eigenvalue weighted by Gasteiger charge is 2.55. The zero-order valence-corrected chi connectivity index (χ0v) is 15.8. The number of methoxy groups -OCH3 is 1. The molecule has 0 saturated heterocycles. The average Bonchev–Trinajstić information content (AvgIpc) is 2.54. The van der Waals surface area contributed by atoms with Crippen LogP contribution in [0, 0.1) is 0 Å². The number of carbonyl (C=O) groups is 2. The predicted molar refractivity (Wildman–Crippen MR) is 88.6 cm³/mol. The number of hydrogen-bond donors (Lipinski definition) is 3. The number of esters is 1. The van der Waals surface area contributed by atoms with Crippen molar-refractivity contribution in [1.29, 1.82) is 0 Å². The normalized spacial score (nSPS) is 15.6. The van der Waals surface area contributed by atoms with Crippen molar-refractivity contribution in [3.8, 4) is 0 Å². The molecule has 0 fully saturated rings. The molecule has 0 radical (unpaired) electrons. The molecule has 2 atom stereocenters. The Morgan fingerprint density at radius 1 is 1.30 bits per heavy atom. The maximum absolute atomic E-state index is 12.7. The van der Waals surface area contributed by atoms with E-state index < -0.39 is 49.6 Å². The van der Waals surface area contributed by atoms with Crippen LogP contribution in [0.25, 0.3) is 0 Å². The molecule has 8 nitrogen and oxygen atoms in total. The maximum atomic E-state index is 12.7. The Labute approximate surface area is 157 Å². The predicted octanol–water partition coefficient (Wildman–Crippen LogP) is 1.43. The molecule has 0 heterocycles. The number of ether oxygens (including phenoxy) is 1. The fourth-order valence-corrected chi connectivity index (χ4v) is 3.17. The summed E-state index contributed by atoms with van der Waals surface area (Å²) in [4.78, 5) is 22.5. The Morgan fingerprint density at radius 2 is 1.85 bits per heavy atom. The van der Waals surface area contributed by atoms with Crippen molar-refractivity contribution in [2.24, 2.45) is 0 Å². The fraction of sp³-hybridized carbons (Fsp3) is 0.429. The van der Waals surface area contributed by atoms with E-state index in [0.29, 0.717) is 0 Å². The van der Waals surface area contributed by atoms with Gasteiger partial charge >= 0.3 is 12.1 Å². The van der Waals surface area contributed by atoms with Gasteiger partial charge in [-0.2, -0.15) is 17.9 Å². The minimum Gasteiger partial charge on any atom is -0.468 e. The van der Waals surface area contributed by atoms with Crippen molar-refractivity contribution in [1.82, 2.24) is 4.72 Å². The molecule has 0 bridgehead atoms. The van der Waals surface area contributed by atoms with Crippen molar-refractivity contribution in [3.05, 3.63) is 23.2 Å². The van der Waals surface area contributed by atoms with Gasteiger partial charge < -0.3 is 15.2 Å². The zero-order chi connectivity index (χ0) is 21.2. The SMILES string of the molecule is COC(=O)C(C)NS(=O)(=O)c1ccc(NC(=O)[C@@](C)(O)C(F)(F)F)c(Cl)c1. The van der Waals surface area contributed by atoms with Crippen LogP contribution in [-0.2, 0) is 24.3 Å². The molecule has 1 unspecified atom stereocenters. The highest BCUT2D eigenvalue weighted by Crippen LogP contribution is 2.32. The number of hydrogen-bond acceptors (Lipinski definition) is 6. The van der Waals surface area contributed by atoms with Gasteiger partial charge in [0.05, 0.1) is 22.7 Å². The van der Waals surface area contributed by atoms with E-state index in [1.165, 1.54) is 6.92 Å². The van der Waals surface area contributed by atoms with Gasteiger partial charge in [-0.3, -0.25) is 9.59 Å². The van der Waals surface area contributed by atoms with Crippen LogP contribution >= 0.6 is 11.6 Å². The van der Waals surface area contributed by atoms with E-state index in [4.69, 9.17) is 11.6 Å². The molecule has 0 saturated carbocycles. The molecule has 1 rings (SSSR count). The lowest BCUT2D eigenvalue weighted by Gasteiger charge is -2.25. The summed E-state index contributed by atoms with van der Waals surface area (Å²) in [6.45, 7) is 1.49. The summed E-state index contributed by atoms with van der Waals surface area (Å²) in [6, 6.07) is 1.52. The topological polar surface area (TPSA) is 122 Å². The second-order valence-corrected chi connectivity index (χ2v) is 7.65. The van der Waals surface area contributed by atoms with E-state index in [1.807, 2.05) is 4.72 Å². The largest absolute Gasteiger partial charge is 0.468 e. The summed E-state index contributed by atoms with van der Waals surface area (Å²) in [6.07, 6.45) is -5.24. The zero-order valence-electron chi connectivity index (χ0n) is 14.2. The van der Waals surface area contributed by atoms with Crippen LogP contribution in [0.5, 0.6) is 0 Å². The lowest BCUT2D eigenvalue weighted by atomic mass is 10.1. The van der Waals surface area contributed by atoms with Crippen molar-refractivity contribution < 1.29 is 41.0 Å². The molecule has 13 heteroatoms. The van der Waals surface area contributed by atoms with Crippen LogP contribution in [0.15, 0.2) is 23.1 Å². The van der Waals surface area contributed by atoms with Crippen molar-refractivity contribution >= 4 is 39.2 Å². The number of halogens is 4. The van der Waals surface area contributed by atoms with E-state index in [2.05, 4.69) is 4.74 Å². The molecule has 1 aromatic carbocycles. The third-order valence-electron chi connectivity index (χ3n) is 3.38. The lowest BCUT2D eigenvalue weighted by Crippen LogP contribution is -2.52. The number of benzene rings is 1. The van der Waals surface area contributed by atoms with Crippen LogP contribution in [0.3, 0.4) is 0 Å². The van der Waals surface area contributed by atoms with Crippen molar-refractivity contribution in [2.45, 2.75) is 36.6 Å². The van der Waals surface area contributed by atoms with Gasteiger partial charge in [0, 0.05) is 0 Å². The third kappa shape index (κ3) is 5.31. The summed E-state index contributed by atoms with van der Waals surface area (Å²) >= 11 is 5.81. The molecule has 152 valence electrons. The molecule has 0 aromatic heterocycles. The summed E-state index contributed by atoms with van der Waals surface area (Å²) in [5.41, 5.74) is -4.04. The highest BCUT2D eigenvalue weighted by atomic mass is 35.5. The quantitative estimate of drug-likeness (QED) is 0.585. The van der Waals surface area contributed by atoms with Crippen molar-refractivity contribution in [2.75, 3.05) is 12.4 Å². The highest BCUT2D eigenvalue weighted by molar-refractivity contribution is 7.89. The first-order valence-corrected chi connectivity index (χ1v) is 9.00. The molecule has 0 aliphatic heterocycles. The van der Waals surface area contributed by atoms with Gasteiger partial charge in [0.25, 0.3) is 5.91 Å². The third-order valence-corrected chi connectivity index (χ3v) is 5.23. The molecule has 1 aromatic rings. The number of rotatable bonds is 6. The number of nitrogens with one attached hydrogen (secondary N) is 2. The summed E-state index contributed by atoms with van der Waals surface area (Å²) in [7, 11) is -3.14. The van der Waals surface area contributed by atoms with Crippen LogP contribution < -0.4 is 10.0 Å². The summed E-state index contributed by atoms with van der Waals surface area (Å²) in [5, 5.41) is 10.7. The Kier molecular flexibility index (Phi) is 6.86. The van der Waals surface area contributed by atoms with Crippen molar-refractivity contribution in [3.63, 3.8) is 0 Å². The van der Waals surface area contributed by atoms with Crippen LogP contribution in [0.4, 0.5) is 18.9 Å². The lowest BCUT2D eigenvalue weighted by molar-refractivity contribution is -0.242. The number of carbonyl (C=O) groups excluding carboxylic acids is 2. The van der Waals surface area contributed by atoms with E-state index in [1.54, 1.807) is 5.32 Å². The van der Waals surface area contributed by atoms with E-state index >= 15 is 0 Å². The fourth-order valence-electron chi connectivity index (χ4n) is 1.66. The molecule has 0 aliphatic carbocycles. The second kappa shape index (κ2) is 8.00. The van der Waals surface area contributed by atoms with Gasteiger partial charge in [0.1, 0.15) is 6.04 Å². The van der Waals surface area contributed by atoms with Crippen LogP contribution in [0.2, 0.25) is 5.02 Å². The van der Waals surface area contributed by atoms with E-state index in [-0.39, 0.29) is 12.6 Å². The minimum absolute atomic E-state index is 0.257. The van der Waals surface area contributed by atoms with Gasteiger partial charge in [0.15, 0.2) is 0 Å². The number of sulfonamides is 1. The molecule has 27 heavy (non-hydrogen) atoms. The first kappa shape index (κ1) is 23.1. The monoisotopic (exact) mass is 432 g/mol. The van der Waals surface area contributed by atoms with Crippen LogP contribution in [0.1, 0.15) is 13.8 Å². The minimum atomic E-state index is -5.24. The molecule has 1 amide bonds. The molecule has 3 N–H and O–H groups in total. The van der Waals surface area contributed by atoms with Gasteiger partial charge in [-0.25, -0.2) is 8.42 Å². The van der Waals surface area contributed by atoms with E-state index in [9.17, 15) is 36.3 Å². The number of aliphatic hydroxyl groups is 1. The maximum Gasteiger partial charge on any atom is 0.426 e. The Hall–Kier alpha value is -1.89. The van der Waals surface area contributed by atoms with Gasteiger partial charge in [-0.1, -0.05) is 11.6 Å². The van der Waals surface area contributed by atoms with Gasteiger partial charge in [-0.05, 0) is 32.0 Å². The van der Waals surface area contributed by atoms with Gasteiger partial charge in [0.2, 0.25) is 15.6 Å². The Morgan fingerprint density at radius 3 is 2.30 bits per heavy atom. The second-order valence-electron chi connectivity index (χ2n) is 5.53. The van der Waals surface area contributed by atoms with E-state index in [0.717, 1.165) is 25.3 Å². The molecular weight excluding hydrogens is 417 g/mol.